The summed E-state index contributed by atoms with van der Waals surface area (Å²) in [5, 5.41) is 4.89. The molecule has 4 nitrogen and oxygen atoms in total. The summed E-state index contributed by atoms with van der Waals surface area (Å²) in [4.78, 5) is 12.9. The van der Waals surface area contributed by atoms with Crippen molar-refractivity contribution in [1.82, 2.24) is 9.78 Å². The summed E-state index contributed by atoms with van der Waals surface area (Å²) >= 11 is 0. The molecule has 29 heavy (non-hydrogen) atoms. The van der Waals surface area contributed by atoms with Gasteiger partial charge in [0.1, 0.15) is 5.92 Å². The lowest BCUT2D eigenvalue weighted by molar-refractivity contribution is -0.145. The van der Waals surface area contributed by atoms with Gasteiger partial charge in [-0.3, -0.25) is 9.48 Å². The predicted octanol–water partition coefficient (Wildman–Crippen LogP) is 5.12. The average Bonchev–Trinajstić information content (AvgIpc) is 3.12. The highest BCUT2D eigenvalue weighted by atomic mass is 16.5. The summed E-state index contributed by atoms with van der Waals surface area (Å²) in [5.74, 6) is -0.601. The molecule has 1 aromatic heterocycles. The van der Waals surface area contributed by atoms with Gasteiger partial charge in [-0.05, 0) is 30.5 Å². The van der Waals surface area contributed by atoms with Gasteiger partial charge < -0.3 is 4.74 Å². The van der Waals surface area contributed by atoms with Crippen LogP contribution in [0.5, 0.6) is 0 Å². The quantitative estimate of drug-likeness (QED) is 0.526. The van der Waals surface area contributed by atoms with Crippen molar-refractivity contribution in [3.05, 3.63) is 89.2 Å². The van der Waals surface area contributed by atoms with E-state index in [1.807, 2.05) is 48.0 Å². The normalized spacial score (nSPS) is 12.6. The molecule has 0 aliphatic rings. The standard InChI is InChI=1S/C25H30N2O2/c1-5-29-24(28)21(16-19-12-8-6-9-13-19)22-17-23(25(2,3)4)26-27(22)18-20-14-10-7-11-15-20/h6-15,17,21H,5,16,18H2,1-4H3/t21-/m0/s1. The Kier molecular flexibility index (Phi) is 6.53. The van der Waals surface area contributed by atoms with Gasteiger partial charge in [0.2, 0.25) is 0 Å². The molecule has 3 aromatic rings. The molecule has 3 rings (SSSR count). The molecular formula is C25H30N2O2. The lowest BCUT2D eigenvalue weighted by Gasteiger charge is -2.17. The maximum absolute atomic E-state index is 12.9. The van der Waals surface area contributed by atoms with Crippen molar-refractivity contribution >= 4 is 5.97 Å². The van der Waals surface area contributed by atoms with E-state index in [9.17, 15) is 4.79 Å². The summed E-state index contributed by atoms with van der Waals surface area (Å²) in [6.45, 7) is 9.26. The molecule has 0 fully saturated rings. The van der Waals surface area contributed by atoms with E-state index in [4.69, 9.17) is 9.84 Å². The third kappa shape index (κ3) is 5.35. The van der Waals surface area contributed by atoms with Gasteiger partial charge in [0, 0.05) is 5.41 Å². The molecule has 0 aliphatic heterocycles. The molecule has 0 spiro atoms. The van der Waals surface area contributed by atoms with Crippen molar-refractivity contribution < 1.29 is 9.53 Å². The van der Waals surface area contributed by atoms with Gasteiger partial charge in [0.15, 0.2) is 0 Å². The van der Waals surface area contributed by atoms with E-state index in [-0.39, 0.29) is 11.4 Å². The molecule has 1 atom stereocenters. The van der Waals surface area contributed by atoms with Crippen LogP contribution >= 0.6 is 0 Å². The first-order chi connectivity index (χ1) is 13.9. The second-order valence-corrected chi connectivity index (χ2v) is 8.34. The Morgan fingerprint density at radius 2 is 1.59 bits per heavy atom. The van der Waals surface area contributed by atoms with Crippen LogP contribution in [0, 0.1) is 0 Å². The van der Waals surface area contributed by atoms with Crippen molar-refractivity contribution in [2.45, 2.75) is 52.0 Å². The molecule has 0 bridgehead atoms. The van der Waals surface area contributed by atoms with Crippen LogP contribution < -0.4 is 0 Å². The lowest BCUT2D eigenvalue weighted by atomic mass is 9.90. The highest BCUT2D eigenvalue weighted by Gasteiger charge is 2.29. The van der Waals surface area contributed by atoms with Crippen LogP contribution in [-0.2, 0) is 27.9 Å². The minimum absolute atomic E-state index is 0.108. The number of hydrogen-bond donors (Lipinski definition) is 0. The van der Waals surface area contributed by atoms with E-state index >= 15 is 0 Å². The van der Waals surface area contributed by atoms with Crippen molar-refractivity contribution in [2.24, 2.45) is 0 Å². The van der Waals surface area contributed by atoms with Crippen LogP contribution in [0.1, 0.15) is 56.1 Å². The Morgan fingerprint density at radius 1 is 1.00 bits per heavy atom. The van der Waals surface area contributed by atoms with Gasteiger partial charge in [-0.1, -0.05) is 81.4 Å². The van der Waals surface area contributed by atoms with Crippen molar-refractivity contribution in [3.63, 3.8) is 0 Å². The molecule has 2 aromatic carbocycles. The first-order valence-electron chi connectivity index (χ1n) is 10.2. The van der Waals surface area contributed by atoms with Gasteiger partial charge in [-0.15, -0.1) is 0 Å². The van der Waals surface area contributed by atoms with Gasteiger partial charge >= 0.3 is 5.97 Å². The Labute approximate surface area is 173 Å². The fourth-order valence-corrected chi connectivity index (χ4v) is 3.36. The smallest absolute Gasteiger partial charge is 0.315 e. The van der Waals surface area contributed by atoms with Crippen LogP contribution in [0.3, 0.4) is 0 Å². The first-order valence-corrected chi connectivity index (χ1v) is 10.2. The first kappa shape index (κ1) is 20.8. The Hall–Kier alpha value is -2.88. The molecule has 152 valence electrons. The van der Waals surface area contributed by atoms with Crippen molar-refractivity contribution in [1.29, 1.82) is 0 Å². The highest BCUT2D eigenvalue weighted by Crippen LogP contribution is 2.29. The maximum atomic E-state index is 12.9. The molecule has 0 N–H and O–H groups in total. The number of aromatic nitrogens is 2. The largest absolute Gasteiger partial charge is 0.465 e. The second-order valence-electron chi connectivity index (χ2n) is 8.34. The van der Waals surface area contributed by atoms with E-state index in [1.54, 1.807) is 0 Å². The number of esters is 1. The molecule has 0 amide bonds. The van der Waals surface area contributed by atoms with Crippen LogP contribution in [0.2, 0.25) is 0 Å². The van der Waals surface area contributed by atoms with Crippen molar-refractivity contribution in [3.8, 4) is 0 Å². The fraction of sp³-hybridized carbons (Fsp3) is 0.360. The van der Waals surface area contributed by atoms with E-state index in [2.05, 4.69) is 51.1 Å². The molecule has 0 aliphatic carbocycles. The lowest BCUT2D eigenvalue weighted by Crippen LogP contribution is -2.22. The minimum atomic E-state index is -0.398. The summed E-state index contributed by atoms with van der Waals surface area (Å²) in [6.07, 6.45) is 0.587. The molecule has 0 saturated heterocycles. The highest BCUT2D eigenvalue weighted by molar-refractivity contribution is 5.78. The predicted molar refractivity (Wildman–Crippen MR) is 116 cm³/mol. The zero-order chi connectivity index (χ0) is 20.9. The summed E-state index contributed by atoms with van der Waals surface area (Å²) < 4.78 is 7.42. The van der Waals surface area contributed by atoms with Crippen LogP contribution in [0.25, 0.3) is 0 Å². The second kappa shape index (κ2) is 9.08. The summed E-state index contributed by atoms with van der Waals surface area (Å²) in [6, 6.07) is 22.4. The molecule has 1 heterocycles. The van der Waals surface area contributed by atoms with E-state index in [0.29, 0.717) is 19.6 Å². The number of carbonyl (C=O) groups excluding carboxylic acids is 1. The molecule has 0 saturated carbocycles. The van der Waals surface area contributed by atoms with Gasteiger partial charge in [-0.25, -0.2) is 0 Å². The zero-order valence-electron chi connectivity index (χ0n) is 17.8. The minimum Gasteiger partial charge on any atom is -0.465 e. The fourth-order valence-electron chi connectivity index (χ4n) is 3.36. The number of benzene rings is 2. The number of rotatable bonds is 7. The Bertz CT molecular complexity index is 924. The monoisotopic (exact) mass is 390 g/mol. The number of carbonyl (C=O) groups is 1. The third-order valence-electron chi connectivity index (χ3n) is 4.97. The topological polar surface area (TPSA) is 44.1 Å². The number of ether oxygens (including phenoxy) is 1. The van der Waals surface area contributed by atoms with Gasteiger partial charge in [-0.2, -0.15) is 5.10 Å². The van der Waals surface area contributed by atoms with Crippen LogP contribution in [0.4, 0.5) is 0 Å². The summed E-state index contributed by atoms with van der Waals surface area (Å²) in [7, 11) is 0. The maximum Gasteiger partial charge on any atom is 0.315 e. The number of nitrogens with zero attached hydrogens (tertiary/aromatic N) is 2. The number of hydrogen-bond acceptors (Lipinski definition) is 3. The van der Waals surface area contributed by atoms with Crippen molar-refractivity contribution in [2.75, 3.05) is 6.61 Å². The van der Waals surface area contributed by atoms with E-state index in [0.717, 1.165) is 22.5 Å². The van der Waals surface area contributed by atoms with E-state index in [1.165, 1.54) is 0 Å². The third-order valence-corrected chi connectivity index (χ3v) is 4.97. The van der Waals surface area contributed by atoms with Gasteiger partial charge in [0.25, 0.3) is 0 Å². The van der Waals surface area contributed by atoms with Crippen LogP contribution in [-0.4, -0.2) is 22.4 Å². The van der Waals surface area contributed by atoms with Crippen LogP contribution in [0.15, 0.2) is 66.7 Å². The average molecular weight is 391 g/mol. The molecule has 0 unspecified atom stereocenters. The zero-order valence-corrected chi connectivity index (χ0v) is 17.8. The van der Waals surface area contributed by atoms with Gasteiger partial charge in [0.05, 0.1) is 24.5 Å². The molecular weight excluding hydrogens is 360 g/mol. The summed E-state index contributed by atoms with van der Waals surface area (Å²) in [5.41, 5.74) is 4.03. The molecule has 4 heteroatoms. The SMILES string of the molecule is CCOC(=O)[C@@H](Cc1ccccc1)c1cc(C(C)(C)C)nn1Cc1ccccc1. The Morgan fingerprint density at radius 3 is 2.14 bits per heavy atom. The van der Waals surface area contributed by atoms with E-state index < -0.39 is 5.92 Å². The molecule has 0 radical (unpaired) electrons. The Balaban J connectivity index is 2.04.